The minimum absolute atomic E-state index is 0.842. The van der Waals surface area contributed by atoms with Crippen molar-refractivity contribution in [2.24, 2.45) is 7.05 Å². The summed E-state index contributed by atoms with van der Waals surface area (Å²) in [4.78, 5) is 0. The van der Waals surface area contributed by atoms with Crippen LogP contribution in [0.1, 0.15) is 0 Å². The number of nitrogens with zero attached hydrogens (tertiary/aromatic N) is 1. The zero-order valence-electron chi connectivity index (χ0n) is 20.4. The minimum atomic E-state index is -2.31. The molecule has 0 bridgehead atoms. The predicted octanol–water partition coefficient (Wildman–Crippen LogP) is 4.82. The van der Waals surface area contributed by atoms with Gasteiger partial charge in [-0.3, -0.25) is 0 Å². The average Bonchev–Trinajstić information content (AvgIpc) is 3.31. The zero-order chi connectivity index (χ0) is 24.4. The van der Waals surface area contributed by atoms with E-state index in [-0.39, 0.29) is 0 Å². The van der Waals surface area contributed by atoms with Crippen LogP contribution in [-0.4, -0.2) is 25.9 Å². The highest BCUT2D eigenvalue weighted by molar-refractivity contribution is 8.01. The number of hydrogen-bond acceptors (Lipinski definition) is 3. The van der Waals surface area contributed by atoms with E-state index in [1.165, 1.54) is 32.1 Å². The predicted molar refractivity (Wildman–Crippen MR) is 147 cm³/mol. The lowest BCUT2D eigenvalue weighted by Gasteiger charge is -2.28. The molecule has 4 nitrogen and oxygen atoms in total. The normalized spacial score (nSPS) is 11.4. The molecule has 5 rings (SSSR count). The van der Waals surface area contributed by atoms with E-state index in [4.69, 9.17) is 14.2 Å². The van der Waals surface area contributed by atoms with E-state index in [0.717, 1.165) is 17.2 Å². The second kappa shape index (κ2) is 9.48. The van der Waals surface area contributed by atoms with E-state index in [2.05, 4.69) is 115 Å². The molecular formula is C30H29NO3P+. The molecule has 35 heavy (non-hydrogen) atoms. The van der Waals surface area contributed by atoms with E-state index in [0.29, 0.717) is 0 Å². The van der Waals surface area contributed by atoms with Crippen molar-refractivity contribution in [3.05, 3.63) is 103 Å². The molecule has 0 N–H and O–H groups in total. The number of hydrogen-bond donors (Lipinski definition) is 0. The summed E-state index contributed by atoms with van der Waals surface area (Å²) in [5.74, 6) is 2.53. The van der Waals surface area contributed by atoms with Gasteiger partial charge in [0.25, 0.3) is 0 Å². The molecular weight excluding hydrogens is 453 g/mol. The number of methoxy groups -OCH3 is 3. The fourth-order valence-corrected chi connectivity index (χ4v) is 9.24. The number of ether oxygens (including phenoxy) is 3. The Kier molecular flexibility index (Phi) is 6.23. The first-order valence-electron chi connectivity index (χ1n) is 11.5. The first-order valence-corrected chi connectivity index (χ1v) is 13.3. The van der Waals surface area contributed by atoms with Crippen LogP contribution >= 0.6 is 7.26 Å². The van der Waals surface area contributed by atoms with Crippen molar-refractivity contribution in [2.45, 2.75) is 0 Å². The lowest BCUT2D eigenvalue weighted by Crippen LogP contribution is -2.39. The van der Waals surface area contributed by atoms with Crippen molar-refractivity contribution in [1.82, 2.24) is 4.57 Å². The molecule has 0 saturated carbocycles. The molecule has 0 aliphatic heterocycles. The summed E-state index contributed by atoms with van der Waals surface area (Å²) in [6, 6.07) is 34.5. The summed E-state index contributed by atoms with van der Waals surface area (Å²) in [7, 11) is 4.90. The van der Waals surface area contributed by atoms with E-state index in [9.17, 15) is 0 Å². The number of rotatable bonds is 7. The third-order valence-corrected chi connectivity index (χ3v) is 11.0. The molecule has 5 heteroatoms. The lowest BCUT2D eigenvalue weighted by atomic mass is 10.2. The van der Waals surface area contributed by atoms with Gasteiger partial charge < -0.3 is 18.8 Å². The molecule has 0 unspecified atom stereocenters. The first-order chi connectivity index (χ1) is 17.1. The Morgan fingerprint density at radius 2 is 0.971 bits per heavy atom. The molecule has 0 fully saturated rings. The molecule has 0 amide bonds. The Morgan fingerprint density at radius 1 is 0.543 bits per heavy atom. The summed E-state index contributed by atoms with van der Waals surface area (Å²) >= 11 is 0. The lowest BCUT2D eigenvalue weighted by molar-refractivity contribution is 0.415. The molecule has 1 aromatic heterocycles. The van der Waals surface area contributed by atoms with Gasteiger partial charge in [-0.1, -0.05) is 6.07 Å². The highest BCUT2D eigenvalue weighted by Gasteiger charge is 2.49. The van der Waals surface area contributed by atoms with Crippen LogP contribution in [0.4, 0.5) is 0 Å². The summed E-state index contributed by atoms with van der Waals surface area (Å²) in [5, 5.41) is 6.34. The van der Waals surface area contributed by atoms with Crippen molar-refractivity contribution in [1.29, 1.82) is 0 Å². The highest BCUT2D eigenvalue weighted by Crippen LogP contribution is 2.56. The number of aromatic nitrogens is 1. The Morgan fingerprint density at radius 3 is 1.37 bits per heavy atom. The maximum Gasteiger partial charge on any atom is 0.145 e. The summed E-state index contributed by atoms with van der Waals surface area (Å²) in [6.45, 7) is 0. The standard InChI is InChI=1S/C30H29NO3P/c1-31-21-20-28-29(31)6-5-7-30(28)35(25-14-8-22(32-2)9-15-25,26-16-10-23(33-3)11-17-26)27-18-12-24(34-4)13-19-27/h5-21H,1-4H3/q+1. The Hall–Kier alpha value is -3.75. The van der Waals surface area contributed by atoms with Crippen molar-refractivity contribution in [3.63, 3.8) is 0 Å². The fraction of sp³-hybridized carbons (Fsp3) is 0.133. The van der Waals surface area contributed by atoms with Crippen molar-refractivity contribution in [2.75, 3.05) is 21.3 Å². The van der Waals surface area contributed by atoms with E-state index < -0.39 is 7.26 Å². The monoisotopic (exact) mass is 482 g/mol. The molecule has 5 aromatic rings. The minimum Gasteiger partial charge on any atom is -0.497 e. The SMILES string of the molecule is COc1ccc([P+](c2ccc(OC)cc2)(c2ccc(OC)cc2)c2cccc3c2ccn3C)cc1. The Bertz CT molecular complexity index is 1320. The zero-order valence-corrected chi connectivity index (χ0v) is 21.3. The maximum atomic E-state index is 5.51. The van der Waals surface area contributed by atoms with Gasteiger partial charge >= 0.3 is 0 Å². The molecule has 1 heterocycles. The van der Waals surface area contributed by atoms with Crippen LogP contribution in [0.5, 0.6) is 17.2 Å². The van der Waals surface area contributed by atoms with Gasteiger partial charge in [0.2, 0.25) is 0 Å². The van der Waals surface area contributed by atoms with Crippen LogP contribution in [0, 0.1) is 0 Å². The number of aryl methyl sites for hydroxylation is 1. The van der Waals surface area contributed by atoms with Gasteiger partial charge in [-0.25, -0.2) is 0 Å². The van der Waals surface area contributed by atoms with Gasteiger partial charge in [-0.2, -0.15) is 0 Å². The average molecular weight is 483 g/mol. The molecule has 4 aromatic carbocycles. The van der Waals surface area contributed by atoms with Crippen LogP contribution in [0.3, 0.4) is 0 Å². The van der Waals surface area contributed by atoms with Crippen LogP contribution in [0.2, 0.25) is 0 Å². The smallest absolute Gasteiger partial charge is 0.145 e. The summed E-state index contributed by atoms with van der Waals surface area (Å²) in [5.41, 5.74) is 1.21. The molecule has 0 radical (unpaired) electrons. The maximum absolute atomic E-state index is 5.51. The molecule has 0 aliphatic carbocycles. The van der Waals surface area contributed by atoms with Crippen LogP contribution in [-0.2, 0) is 7.05 Å². The molecule has 0 atom stereocenters. The number of benzene rings is 4. The molecule has 176 valence electrons. The highest BCUT2D eigenvalue weighted by atomic mass is 31.2. The van der Waals surface area contributed by atoms with Gasteiger partial charge in [-0.05, 0) is 91.0 Å². The van der Waals surface area contributed by atoms with E-state index in [1.807, 2.05) is 0 Å². The summed E-state index contributed by atoms with van der Waals surface area (Å²) < 4.78 is 18.7. The van der Waals surface area contributed by atoms with Crippen molar-refractivity contribution >= 4 is 39.4 Å². The van der Waals surface area contributed by atoms with E-state index >= 15 is 0 Å². The molecule has 0 saturated heterocycles. The van der Waals surface area contributed by atoms with Crippen molar-refractivity contribution in [3.8, 4) is 17.2 Å². The van der Waals surface area contributed by atoms with Gasteiger partial charge in [0.15, 0.2) is 0 Å². The Balaban J connectivity index is 1.92. The first kappa shape index (κ1) is 23.0. The van der Waals surface area contributed by atoms with E-state index in [1.54, 1.807) is 21.3 Å². The van der Waals surface area contributed by atoms with Crippen LogP contribution in [0.25, 0.3) is 10.9 Å². The third-order valence-electron chi connectivity index (χ3n) is 6.65. The van der Waals surface area contributed by atoms with Gasteiger partial charge in [0.05, 0.1) is 26.8 Å². The number of fused-ring (bicyclic) bond motifs is 1. The Labute approximate surface area is 207 Å². The largest absolute Gasteiger partial charge is 0.497 e. The van der Waals surface area contributed by atoms with Crippen LogP contribution < -0.4 is 35.4 Å². The van der Waals surface area contributed by atoms with Crippen molar-refractivity contribution < 1.29 is 14.2 Å². The van der Waals surface area contributed by atoms with Gasteiger partial charge in [0.1, 0.15) is 45.7 Å². The van der Waals surface area contributed by atoms with Gasteiger partial charge in [0, 0.05) is 18.6 Å². The second-order valence-corrected chi connectivity index (χ2v) is 11.8. The second-order valence-electron chi connectivity index (χ2n) is 8.40. The third kappa shape index (κ3) is 3.84. The van der Waals surface area contributed by atoms with Gasteiger partial charge in [-0.15, -0.1) is 0 Å². The summed E-state index contributed by atoms with van der Waals surface area (Å²) in [6.07, 6.45) is 2.14. The fourth-order valence-electron chi connectivity index (χ4n) is 4.86. The topological polar surface area (TPSA) is 32.6 Å². The van der Waals surface area contributed by atoms with Crippen LogP contribution in [0.15, 0.2) is 103 Å². The molecule has 0 aliphatic rings. The molecule has 0 spiro atoms. The quantitative estimate of drug-likeness (QED) is 0.312.